The zero-order valence-corrected chi connectivity index (χ0v) is 29.5. The highest BCUT2D eigenvalue weighted by molar-refractivity contribution is 5.96. The van der Waals surface area contributed by atoms with Crippen molar-refractivity contribution in [2.24, 2.45) is 0 Å². The summed E-state index contributed by atoms with van der Waals surface area (Å²) >= 11 is 0. The fourth-order valence-electron chi connectivity index (χ4n) is 7.78. The molecule has 0 saturated heterocycles. The minimum Gasteiger partial charge on any atom is -0.238 e. The summed E-state index contributed by atoms with van der Waals surface area (Å²) in [6, 6.07) is 58.5. The van der Waals surface area contributed by atoms with Crippen LogP contribution in [0.3, 0.4) is 0 Å². The van der Waals surface area contributed by atoms with E-state index >= 15 is 0 Å². The summed E-state index contributed by atoms with van der Waals surface area (Å²) in [5.41, 5.74) is 14.4. The topological polar surface area (TPSA) is 43.0 Å². The van der Waals surface area contributed by atoms with Gasteiger partial charge >= 0.3 is 0 Å². The van der Waals surface area contributed by atoms with E-state index in [1.165, 1.54) is 11.1 Å². The maximum Gasteiger partial charge on any atom is 0.195 e. The average molecular weight is 679 g/mol. The first-order valence-corrected chi connectivity index (χ1v) is 17.8. The van der Waals surface area contributed by atoms with Gasteiger partial charge in [-0.25, -0.2) is 19.8 Å². The average Bonchev–Trinajstić information content (AvgIpc) is 3.47. The van der Waals surface area contributed by atoms with Crippen molar-refractivity contribution in [3.63, 3.8) is 0 Å². The van der Waals surface area contributed by atoms with Crippen molar-refractivity contribution in [2.75, 3.05) is 0 Å². The summed E-state index contributed by atoms with van der Waals surface area (Å²) in [4.78, 5) is 19.4. The molecule has 1 heterocycles. The molecule has 1 aliphatic rings. The predicted molar refractivity (Wildman–Crippen MR) is 216 cm³/mol. The third kappa shape index (κ3) is 5.60. The third-order valence-corrected chi connectivity index (χ3v) is 10.4. The normalized spacial score (nSPS) is 12.5. The van der Waals surface area contributed by atoms with E-state index in [1.54, 1.807) is 0 Å². The third-order valence-electron chi connectivity index (χ3n) is 10.4. The van der Waals surface area contributed by atoms with Crippen molar-refractivity contribution in [3.05, 3.63) is 192 Å². The summed E-state index contributed by atoms with van der Waals surface area (Å²) in [5.74, 6) is 1.83. The Morgan fingerprint density at radius 1 is 0.396 bits per heavy atom. The first-order valence-electron chi connectivity index (χ1n) is 17.8. The van der Waals surface area contributed by atoms with Crippen LogP contribution in [-0.4, -0.2) is 15.0 Å². The van der Waals surface area contributed by atoms with E-state index in [0.717, 1.165) is 61.2 Å². The Bertz CT molecular complexity index is 2570. The predicted octanol–water partition coefficient (Wildman–Crippen LogP) is 12.7. The van der Waals surface area contributed by atoms with Gasteiger partial charge in [0.25, 0.3) is 0 Å². The first-order chi connectivity index (χ1) is 26.0. The second-order valence-electron chi connectivity index (χ2n) is 13.9. The van der Waals surface area contributed by atoms with Gasteiger partial charge < -0.3 is 0 Å². The maximum atomic E-state index is 7.94. The molecule has 53 heavy (non-hydrogen) atoms. The van der Waals surface area contributed by atoms with Crippen LogP contribution < -0.4 is 0 Å². The van der Waals surface area contributed by atoms with Crippen LogP contribution in [0.2, 0.25) is 0 Å². The van der Waals surface area contributed by atoms with Gasteiger partial charge in [0, 0.05) is 22.1 Å². The van der Waals surface area contributed by atoms with Crippen LogP contribution in [-0.2, 0) is 5.41 Å². The van der Waals surface area contributed by atoms with Crippen LogP contribution >= 0.6 is 0 Å². The Labute approximate surface area is 310 Å². The number of hydrogen-bond donors (Lipinski definition) is 0. The molecule has 0 fully saturated rings. The minimum atomic E-state index is -0.314. The van der Waals surface area contributed by atoms with Crippen LogP contribution in [0, 0.1) is 6.57 Å². The Hall–Kier alpha value is -6.96. The molecule has 0 bridgehead atoms. The lowest BCUT2D eigenvalue weighted by molar-refractivity contribution is 0.662. The number of benzene rings is 7. The van der Waals surface area contributed by atoms with Crippen molar-refractivity contribution < 1.29 is 0 Å². The van der Waals surface area contributed by atoms with Gasteiger partial charge in [-0.3, -0.25) is 0 Å². The van der Waals surface area contributed by atoms with Gasteiger partial charge in [-0.2, -0.15) is 0 Å². The standard InChI is InChI=1S/C49H34N4/c1-49(2)42-22-13-23-43(50-3)44(42)41-21-12-20-39(45(41)49)38-18-10-11-19-40(38)48-52-46(36-28-24-34(25-29-36)32-14-6-4-7-15-32)51-47(53-48)37-30-26-35(27-31-37)33-16-8-5-9-17-33/h4-31H,1-2H3. The summed E-state index contributed by atoms with van der Waals surface area (Å²) in [6.45, 7) is 12.5. The molecule has 0 spiro atoms. The zero-order valence-electron chi connectivity index (χ0n) is 29.5. The molecule has 0 aliphatic heterocycles. The molecule has 4 heteroatoms. The van der Waals surface area contributed by atoms with Crippen molar-refractivity contribution in [2.45, 2.75) is 19.3 Å². The highest BCUT2D eigenvalue weighted by Gasteiger charge is 2.39. The molecule has 0 unspecified atom stereocenters. The molecule has 0 atom stereocenters. The highest BCUT2D eigenvalue weighted by atomic mass is 15.0. The largest absolute Gasteiger partial charge is 0.238 e. The summed E-state index contributed by atoms with van der Waals surface area (Å²) in [5, 5.41) is 0. The van der Waals surface area contributed by atoms with Gasteiger partial charge in [0.05, 0.1) is 6.57 Å². The molecule has 0 saturated carbocycles. The van der Waals surface area contributed by atoms with Gasteiger partial charge in [0.1, 0.15) is 0 Å². The maximum absolute atomic E-state index is 7.94. The van der Waals surface area contributed by atoms with Crippen LogP contribution in [0.25, 0.3) is 83.5 Å². The Morgan fingerprint density at radius 2 is 0.830 bits per heavy atom. The van der Waals surface area contributed by atoms with Gasteiger partial charge in [-0.05, 0) is 55.6 Å². The molecular formula is C49H34N4. The molecule has 0 radical (unpaired) electrons. The minimum absolute atomic E-state index is 0.314. The SMILES string of the molecule is [C-]#[N+]c1cccc2c1-c1cccc(-c3ccccc3-c3nc(-c4ccc(-c5ccccc5)cc4)nc(-c4ccc(-c5ccccc5)cc4)n3)c1C2(C)C. The van der Waals surface area contributed by atoms with Gasteiger partial charge in [0.15, 0.2) is 23.2 Å². The van der Waals surface area contributed by atoms with E-state index in [9.17, 15) is 0 Å². The summed E-state index contributed by atoms with van der Waals surface area (Å²) in [6.07, 6.45) is 0. The Balaban J connectivity index is 1.21. The van der Waals surface area contributed by atoms with E-state index in [-0.39, 0.29) is 5.41 Å². The van der Waals surface area contributed by atoms with E-state index in [2.05, 4.69) is 158 Å². The van der Waals surface area contributed by atoms with Crippen molar-refractivity contribution in [3.8, 4) is 78.7 Å². The lowest BCUT2D eigenvalue weighted by Crippen LogP contribution is -2.16. The van der Waals surface area contributed by atoms with Crippen molar-refractivity contribution >= 4 is 5.69 Å². The van der Waals surface area contributed by atoms with Crippen LogP contribution in [0.15, 0.2) is 170 Å². The van der Waals surface area contributed by atoms with Crippen molar-refractivity contribution in [1.29, 1.82) is 0 Å². The number of hydrogen-bond acceptors (Lipinski definition) is 3. The fraction of sp³-hybridized carbons (Fsp3) is 0.0612. The zero-order chi connectivity index (χ0) is 35.9. The quantitative estimate of drug-likeness (QED) is 0.164. The fourth-order valence-corrected chi connectivity index (χ4v) is 7.78. The highest BCUT2D eigenvalue weighted by Crippen LogP contribution is 2.55. The van der Waals surface area contributed by atoms with Gasteiger partial charge in [-0.15, -0.1) is 0 Å². The lowest BCUT2D eigenvalue weighted by Gasteiger charge is -2.25. The van der Waals surface area contributed by atoms with E-state index in [4.69, 9.17) is 21.5 Å². The summed E-state index contributed by atoms with van der Waals surface area (Å²) < 4.78 is 0. The molecule has 250 valence electrons. The number of aromatic nitrogens is 3. The van der Waals surface area contributed by atoms with Crippen LogP contribution in [0.1, 0.15) is 25.0 Å². The molecule has 1 aliphatic carbocycles. The molecule has 9 rings (SSSR count). The lowest BCUT2D eigenvalue weighted by atomic mass is 9.78. The van der Waals surface area contributed by atoms with Gasteiger partial charge in [0.2, 0.25) is 0 Å². The van der Waals surface area contributed by atoms with E-state index in [0.29, 0.717) is 23.2 Å². The molecule has 0 amide bonds. The number of rotatable bonds is 6. The second kappa shape index (κ2) is 13.0. The number of nitrogens with zero attached hydrogens (tertiary/aromatic N) is 4. The second-order valence-corrected chi connectivity index (χ2v) is 13.9. The Kier molecular flexibility index (Phi) is 7.83. The first kappa shape index (κ1) is 32.0. The number of fused-ring (bicyclic) bond motifs is 3. The molecule has 0 N–H and O–H groups in total. The molecular weight excluding hydrogens is 645 g/mol. The smallest absolute Gasteiger partial charge is 0.195 e. The van der Waals surface area contributed by atoms with E-state index < -0.39 is 0 Å². The molecule has 7 aromatic carbocycles. The summed E-state index contributed by atoms with van der Waals surface area (Å²) in [7, 11) is 0. The Morgan fingerprint density at radius 3 is 1.40 bits per heavy atom. The van der Waals surface area contributed by atoms with Crippen LogP contribution in [0.5, 0.6) is 0 Å². The monoisotopic (exact) mass is 678 g/mol. The molecule has 8 aromatic rings. The van der Waals surface area contributed by atoms with Crippen molar-refractivity contribution in [1.82, 2.24) is 15.0 Å². The molecule has 1 aromatic heterocycles. The van der Waals surface area contributed by atoms with E-state index in [1.807, 2.05) is 30.3 Å². The van der Waals surface area contributed by atoms with Gasteiger partial charge in [-0.1, -0.05) is 184 Å². The molecule has 4 nitrogen and oxygen atoms in total. The van der Waals surface area contributed by atoms with Crippen LogP contribution in [0.4, 0.5) is 5.69 Å².